The number of benzene rings is 1. The van der Waals surface area contributed by atoms with Gasteiger partial charge >= 0.3 is 0 Å². The van der Waals surface area contributed by atoms with Crippen LogP contribution in [0.25, 0.3) is 0 Å². The van der Waals surface area contributed by atoms with Gasteiger partial charge in [0.1, 0.15) is 5.82 Å². The molecular formula is C14H19N3O2S. The van der Waals surface area contributed by atoms with Gasteiger partial charge in [-0.1, -0.05) is 12.1 Å². The van der Waals surface area contributed by atoms with Gasteiger partial charge in [-0.2, -0.15) is 0 Å². The maximum Gasteiger partial charge on any atom is 0.240 e. The Morgan fingerprint density at radius 2 is 2.10 bits per heavy atom. The molecule has 2 N–H and O–H groups in total. The zero-order valence-corrected chi connectivity index (χ0v) is 12.5. The lowest BCUT2D eigenvalue weighted by molar-refractivity contribution is 0.577. The van der Waals surface area contributed by atoms with Crippen LogP contribution in [0.3, 0.4) is 0 Å². The third-order valence-electron chi connectivity index (χ3n) is 3.07. The molecule has 0 radical (unpaired) electrons. The van der Waals surface area contributed by atoms with E-state index >= 15 is 0 Å². The van der Waals surface area contributed by atoms with Crippen LogP contribution in [0.15, 0.2) is 35.5 Å². The molecule has 108 valence electrons. The summed E-state index contributed by atoms with van der Waals surface area (Å²) >= 11 is 0. The van der Waals surface area contributed by atoms with E-state index < -0.39 is 10.0 Å². The second-order valence-electron chi connectivity index (χ2n) is 4.81. The normalized spacial score (nSPS) is 11.7. The molecule has 0 amide bonds. The van der Waals surface area contributed by atoms with Gasteiger partial charge in [0.05, 0.1) is 4.90 Å². The van der Waals surface area contributed by atoms with Gasteiger partial charge in [0, 0.05) is 25.4 Å². The summed E-state index contributed by atoms with van der Waals surface area (Å²) in [4.78, 5) is 7.45. The van der Waals surface area contributed by atoms with Crippen LogP contribution >= 0.6 is 0 Å². The quantitative estimate of drug-likeness (QED) is 0.799. The number of H-pyrrole nitrogens is 1. The molecule has 0 saturated heterocycles. The predicted octanol–water partition coefficient (Wildman–Crippen LogP) is 1.94. The molecule has 0 unspecified atom stereocenters. The number of sulfonamides is 1. The van der Waals surface area contributed by atoms with Crippen LogP contribution in [0.5, 0.6) is 0 Å². The zero-order valence-electron chi connectivity index (χ0n) is 11.7. The lowest BCUT2D eigenvalue weighted by Crippen LogP contribution is -2.26. The first-order valence-electron chi connectivity index (χ1n) is 6.54. The molecule has 0 fully saturated rings. The molecule has 1 aromatic heterocycles. The highest BCUT2D eigenvalue weighted by Gasteiger charge is 2.16. The number of nitrogens with one attached hydrogen (secondary N) is 2. The van der Waals surface area contributed by atoms with Crippen LogP contribution in [0, 0.1) is 13.8 Å². The van der Waals surface area contributed by atoms with E-state index in [2.05, 4.69) is 14.7 Å². The van der Waals surface area contributed by atoms with Crippen LogP contribution in [-0.2, 0) is 16.4 Å². The number of nitrogens with zero attached hydrogens (tertiary/aromatic N) is 1. The van der Waals surface area contributed by atoms with Gasteiger partial charge in [0.25, 0.3) is 0 Å². The fraction of sp³-hybridized carbons (Fsp3) is 0.357. The fourth-order valence-corrected chi connectivity index (χ4v) is 3.37. The number of aryl methyl sites for hydroxylation is 3. The van der Waals surface area contributed by atoms with Gasteiger partial charge in [0.2, 0.25) is 10.0 Å². The van der Waals surface area contributed by atoms with Crippen molar-refractivity contribution < 1.29 is 8.42 Å². The number of imidazole rings is 1. The van der Waals surface area contributed by atoms with Crippen molar-refractivity contribution in [2.45, 2.75) is 31.6 Å². The molecule has 0 bridgehead atoms. The summed E-state index contributed by atoms with van der Waals surface area (Å²) in [5.74, 6) is 0.871. The zero-order chi connectivity index (χ0) is 14.6. The van der Waals surface area contributed by atoms with E-state index in [-0.39, 0.29) is 0 Å². The predicted molar refractivity (Wildman–Crippen MR) is 78.0 cm³/mol. The molecule has 0 aliphatic carbocycles. The van der Waals surface area contributed by atoms with Crippen molar-refractivity contribution in [1.82, 2.24) is 14.7 Å². The highest BCUT2D eigenvalue weighted by atomic mass is 32.2. The Bertz CT molecular complexity index is 664. The highest BCUT2D eigenvalue weighted by Crippen LogP contribution is 2.16. The summed E-state index contributed by atoms with van der Waals surface area (Å²) in [6, 6.07) is 5.43. The summed E-state index contributed by atoms with van der Waals surface area (Å²) in [7, 11) is -3.44. The van der Waals surface area contributed by atoms with E-state index in [1.54, 1.807) is 25.4 Å². The van der Waals surface area contributed by atoms with Crippen molar-refractivity contribution in [3.63, 3.8) is 0 Å². The molecule has 0 aliphatic heterocycles. The van der Waals surface area contributed by atoms with Crippen LogP contribution in [0.1, 0.15) is 23.4 Å². The second kappa shape index (κ2) is 6.19. The van der Waals surface area contributed by atoms with Crippen molar-refractivity contribution >= 4 is 10.0 Å². The van der Waals surface area contributed by atoms with Gasteiger partial charge in [-0.3, -0.25) is 0 Å². The Balaban J connectivity index is 1.95. The average molecular weight is 293 g/mol. The summed E-state index contributed by atoms with van der Waals surface area (Å²) in [6.45, 7) is 4.09. The van der Waals surface area contributed by atoms with Crippen LogP contribution in [0.2, 0.25) is 0 Å². The van der Waals surface area contributed by atoms with Crippen LogP contribution < -0.4 is 4.72 Å². The largest absolute Gasteiger partial charge is 0.349 e. The van der Waals surface area contributed by atoms with Gasteiger partial charge < -0.3 is 4.98 Å². The lowest BCUT2D eigenvalue weighted by Gasteiger charge is -2.09. The second-order valence-corrected chi connectivity index (χ2v) is 6.54. The van der Waals surface area contributed by atoms with Crippen molar-refractivity contribution in [3.05, 3.63) is 47.5 Å². The van der Waals surface area contributed by atoms with Crippen molar-refractivity contribution in [2.24, 2.45) is 0 Å². The van der Waals surface area contributed by atoms with Gasteiger partial charge in [0.15, 0.2) is 0 Å². The summed E-state index contributed by atoms with van der Waals surface area (Å²) in [6.07, 6.45) is 4.88. The fourth-order valence-electron chi connectivity index (χ4n) is 1.97. The molecule has 2 rings (SSSR count). The third kappa shape index (κ3) is 3.68. The highest BCUT2D eigenvalue weighted by molar-refractivity contribution is 7.89. The summed E-state index contributed by atoms with van der Waals surface area (Å²) in [5.41, 5.74) is 1.70. The van der Waals surface area contributed by atoms with Crippen molar-refractivity contribution in [3.8, 4) is 0 Å². The molecule has 0 aliphatic rings. The number of hydrogen-bond acceptors (Lipinski definition) is 3. The van der Waals surface area contributed by atoms with E-state index in [0.717, 1.165) is 23.4 Å². The number of aromatic nitrogens is 2. The molecule has 20 heavy (non-hydrogen) atoms. The molecule has 5 nitrogen and oxygen atoms in total. The minimum Gasteiger partial charge on any atom is -0.349 e. The van der Waals surface area contributed by atoms with E-state index in [1.807, 2.05) is 19.1 Å². The number of aromatic amines is 1. The Morgan fingerprint density at radius 1 is 1.30 bits per heavy atom. The Morgan fingerprint density at radius 3 is 2.80 bits per heavy atom. The average Bonchev–Trinajstić information content (AvgIpc) is 2.90. The SMILES string of the molecule is Cc1ccc(C)c(S(=O)(=O)NCCCc2ncc[nH]2)c1. The topological polar surface area (TPSA) is 74.8 Å². The summed E-state index contributed by atoms with van der Waals surface area (Å²) in [5, 5.41) is 0. The van der Waals surface area contributed by atoms with E-state index in [4.69, 9.17) is 0 Å². The smallest absolute Gasteiger partial charge is 0.240 e. The van der Waals surface area contributed by atoms with Crippen LogP contribution in [-0.4, -0.2) is 24.9 Å². The molecule has 0 spiro atoms. The first-order chi connectivity index (χ1) is 9.49. The molecule has 0 saturated carbocycles. The first kappa shape index (κ1) is 14.7. The molecule has 2 aromatic rings. The summed E-state index contributed by atoms with van der Waals surface area (Å²) < 4.78 is 27.1. The Kier molecular flexibility index (Phi) is 4.57. The lowest BCUT2D eigenvalue weighted by atomic mass is 10.2. The molecule has 0 atom stereocenters. The first-order valence-corrected chi connectivity index (χ1v) is 8.02. The molecule has 1 heterocycles. The van der Waals surface area contributed by atoms with Crippen LogP contribution in [0.4, 0.5) is 0 Å². The van der Waals surface area contributed by atoms with E-state index in [0.29, 0.717) is 17.9 Å². The Labute approximate surface area is 119 Å². The van der Waals surface area contributed by atoms with E-state index in [9.17, 15) is 8.42 Å². The molecular weight excluding hydrogens is 274 g/mol. The minimum absolute atomic E-state index is 0.357. The number of hydrogen-bond donors (Lipinski definition) is 2. The van der Waals surface area contributed by atoms with Crippen molar-refractivity contribution in [2.75, 3.05) is 6.54 Å². The molecule has 1 aromatic carbocycles. The van der Waals surface area contributed by atoms with Gasteiger partial charge in [-0.25, -0.2) is 18.1 Å². The maximum absolute atomic E-state index is 12.2. The van der Waals surface area contributed by atoms with Gasteiger partial charge in [-0.05, 0) is 37.5 Å². The minimum atomic E-state index is -3.44. The monoisotopic (exact) mass is 293 g/mol. The third-order valence-corrected chi connectivity index (χ3v) is 4.67. The Hall–Kier alpha value is -1.66. The number of rotatable bonds is 6. The maximum atomic E-state index is 12.2. The van der Waals surface area contributed by atoms with Gasteiger partial charge in [-0.15, -0.1) is 0 Å². The van der Waals surface area contributed by atoms with Crippen molar-refractivity contribution in [1.29, 1.82) is 0 Å². The van der Waals surface area contributed by atoms with E-state index in [1.165, 1.54) is 0 Å². The molecule has 6 heteroatoms. The standard InChI is InChI=1S/C14H19N3O2S/c1-11-5-6-12(2)13(10-11)20(18,19)17-7-3-4-14-15-8-9-16-14/h5-6,8-10,17H,3-4,7H2,1-2H3,(H,15,16).